The largest absolute Gasteiger partial charge is 0.469 e. The van der Waals surface area contributed by atoms with Crippen molar-refractivity contribution in [1.82, 2.24) is 0 Å². The molecule has 3 atom stereocenters. The lowest BCUT2D eigenvalue weighted by atomic mass is 10.1. The van der Waals surface area contributed by atoms with Gasteiger partial charge in [0.2, 0.25) is 0 Å². The van der Waals surface area contributed by atoms with Crippen molar-refractivity contribution in [3.63, 3.8) is 0 Å². The smallest absolute Gasteiger partial charge is 0.462 e. The second kappa shape index (κ2) is 33.5. The van der Waals surface area contributed by atoms with Gasteiger partial charge >= 0.3 is 19.8 Å². The average Bonchev–Trinajstić information content (AvgIpc) is 3.88. The van der Waals surface area contributed by atoms with Crippen molar-refractivity contribution in [3.8, 4) is 0 Å². The first-order valence-corrected chi connectivity index (χ1v) is 21.2. The summed E-state index contributed by atoms with van der Waals surface area (Å²) in [5.74, 6) is -1.04. The Bertz CT molecular complexity index is 1240. The molecule has 0 aromatic rings. The number of esters is 2. The average molecular weight is 759 g/mol. The molecule has 0 bridgehead atoms. The molecule has 53 heavy (non-hydrogen) atoms. The SMILES string of the molecule is CC/C=C\C/C=C\C/C=C\C/C=C\C/C=C\CCCC(=O)OC[C@H](COP(=O)(O)O)OC(=O)CCC/C=C\CC1OC1C/C=C\C/C=C\CCCCC. The third-order valence-corrected chi connectivity index (χ3v) is 8.47. The molecule has 0 amide bonds. The van der Waals surface area contributed by atoms with Gasteiger partial charge in [0.25, 0.3) is 0 Å². The molecular weight excluding hydrogens is 691 g/mol. The number of hydrogen-bond acceptors (Lipinski definition) is 7. The molecule has 1 aliphatic rings. The van der Waals surface area contributed by atoms with Crippen molar-refractivity contribution in [2.24, 2.45) is 0 Å². The van der Waals surface area contributed by atoms with Gasteiger partial charge in [0.05, 0.1) is 18.8 Å². The quantitative estimate of drug-likeness (QED) is 0.0221. The van der Waals surface area contributed by atoms with Gasteiger partial charge in [-0.1, -0.05) is 124 Å². The molecule has 0 radical (unpaired) electrons. The Morgan fingerprint density at radius 3 is 1.58 bits per heavy atom. The van der Waals surface area contributed by atoms with E-state index in [0.717, 1.165) is 57.8 Å². The molecule has 1 rings (SSSR count). The fraction of sp³-hybridized carbons (Fsp3) is 0.581. The van der Waals surface area contributed by atoms with E-state index in [9.17, 15) is 14.2 Å². The Labute approximate surface area is 319 Å². The van der Waals surface area contributed by atoms with Crippen LogP contribution < -0.4 is 0 Å². The molecule has 0 aromatic heterocycles. The maximum absolute atomic E-state index is 12.4. The predicted octanol–water partition coefficient (Wildman–Crippen LogP) is 10.8. The molecule has 0 spiro atoms. The molecule has 0 saturated carbocycles. The minimum atomic E-state index is -4.79. The highest BCUT2D eigenvalue weighted by atomic mass is 31.2. The summed E-state index contributed by atoms with van der Waals surface area (Å²) in [7, 11) is -4.79. The van der Waals surface area contributed by atoms with E-state index in [4.69, 9.17) is 24.0 Å². The zero-order chi connectivity index (χ0) is 38.7. The molecule has 0 aliphatic carbocycles. The lowest BCUT2D eigenvalue weighted by molar-refractivity contribution is -0.161. The Hall–Kier alpha value is -3.07. The molecule has 10 heteroatoms. The lowest BCUT2D eigenvalue weighted by Gasteiger charge is -2.18. The van der Waals surface area contributed by atoms with Crippen LogP contribution in [0.15, 0.2) is 97.2 Å². The normalized spacial score (nSPS) is 17.4. The zero-order valence-corrected chi connectivity index (χ0v) is 33.2. The van der Waals surface area contributed by atoms with Crippen LogP contribution in [0.2, 0.25) is 0 Å². The number of unbranched alkanes of at least 4 members (excludes halogenated alkanes) is 5. The zero-order valence-electron chi connectivity index (χ0n) is 32.3. The minimum absolute atomic E-state index is 0.109. The molecule has 1 fully saturated rings. The number of rotatable bonds is 33. The van der Waals surface area contributed by atoms with Crippen LogP contribution in [0.4, 0.5) is 0 Å². The monoisotopic (exact) mass is 758 g/mol. The number of carbonyl (C=O) groups is 2. The number of allylic oxidation sites excluding steroid dienone is 14. The maximum Gasteiger partial charge on any atom is 0.469 e. The molecular formula is C43H67O9P. The second-order valence-electron chi connectivity index (χ2n) is 12.9. The maximum atomic E-state index is 12.4. The van der Waals surface area contributed by atoms with Gasteiger partial charge in [-0.25, -0.2) is 4.57 Å². The number of hydrogen-bond donors (Lipinski definition) is 2. The van der Waals surface area contributed by atoms with E-state index in [1.165, 1.54) is 19.3 Å². The highest BCUT2D eigenvalue weighted by Gasteiger charge is 2.36. The number of phosphoric ester groups is 1. The highest BCUT2D eigenvalue weighted by molar-refractivity contribution is 7.46. The van der Waals surface area contributed by atoms with Crippen LogP contribution in [-0.2, 0) is 32.9 Å². The van der Waals surface area contributed by atoms with Gasteiger partial charge in [-0.05, 0) is 89.9 Å². The number of carbonyl (C=O) groups excluding carboxylic acids is 2. The third-order valence-electron chi connectivity index (χ3n) is 7.99. The molecule has 1 saturated heterocycles. The Balaban J connectivity index is 2.19. The fourth-order valence-electron chi connectivity index (χ4n) is 4.97. The van der Waals surface area contributed by atoms with Crippen LogP contribution in [-0.4, -0.2) is 53.3 Å². The molecule has 2 N–H and O–H groups in total. The minimum Gasteiger partial charge on any atom is -0.462 e. The Morgan fingerprint density at radius 1 is 0.604 bits per heavy atom. The van der Waals surface area contributed by atoms with E-state index in [1.54, 1.807) is 0 Å². The van der Waals surface area contributed by atoms with E-state index >= 15 is 0 Å². The van der Waals surface area contributed by atoms with E-state index in [0.29, 0.717) is 25.7 Å². The first kappa shape index (κ1) is 48.0. The Kier molecular flexibility index (Phi) is 30.3. The van der Waals surface area contributed by atoms with E-state index in [2.05, 4.69) is 103 Å². The van der Waals surface area contributed by atoms with Gasteiger partial charge in [-0.2, -0.15) is 0 Å². The molecule has 0 aromatic carbocycles. The number of ether oxygens (including phenoxy) is 3. The summed E-state index contributed by atoms with van der Waals surface area (Å²) in [4.78, 5) is 42.8. The lowest BCUT2D eigenvalue weighted by Crippen LogP contribution is -2.29. The fourth-order valence-corrected chi connectivity index (χ4v) is 5.33. The van der Waals surface area contributed by atoms with Gasteiger partial charge in [0.15, 0.2) is 6.10 Å². The summed E-state index contributed by atoms with van der Waals surface area (Å²) in [5.41, 5.74) is 0. The highest BCUT2D eigenvalue weighted by Crippen LogP contribution is 2.36. The molecule has 1 aliphatic heterocycles. The van der Waals surface area contributed by atoms with Crippen molar-refractivity contribution >= 4 is 19.8 Å². The van der Waals surface area contributed by atoms with Crippen LogP contribution in [0.25, 0.3) is 0 Å². The van der Waals surface area contributed by atoms with Crippen molar-refractivity contribution in [2.75, 3.05) is 13.2 Å². The molecule has 9 nitrogen and oxygen atoms in total. The van der Waals surface area contributed by atoms with Crippen molar-refractivity contribution < 1.29 is 42.7 Å². The van der Waals surface area contributed by atoms with Gasteiger partial charge in [0, 0.05) is 12.8 Å². The molecule has 1 heterocycles. The van der Waals surface area contributed by atoms with Crippen LogP contribution in [0.1, 0.15) is 129 Å². The summed E-state index contributed by atoms with van der Waals surface area (Å²) in [6.45, 7) is 3.41. The van der Waals surface area contributed by atoms with Crippen LogP contribution in [0.3, 0.4) is 0 Å². The van der Waals surface area contributed by atoms with Gasteiger partial charge in [-0.15, -0.1) is 0 Å². The summed E-state index contributed by atoms with van der Waals surface area (Å²) < 4.78 is 32.0. The van der Waals surface area contributed by atoms with E-state index < -0.39 is 32.5 Å². The summed E-state index contributed by atoms with van der Waals surface area (Å²) in [6.07, 6.45) is 48.8. The Morgan fingerprint density at radius 2 is 1.06 bits per heavy atom. The first-order chi connectivity index (χ1) is 25.7. The summed E-state index contributed by atoms with van der Waals surface area (Å²) >= 11 is 0. The first-order valence-electron chi connectivity index (χ1n) is 19.7. The predicted molar refractivity (Wildman–Crippen MR) is 215 cm³/mol. The van der Waals surface area contributed by atoms with E-state index in [1.807, 2.05) is 12.2 Å². The number of epoxide rings is 1. The van der Waals surface area contributed by atoms with Gasteiger partial charge in [-0.3, -0.25) is 14.1 Å². The van der Waals surface area contributed by atoms with Crippen LogP contribution in [0.5, 0.6) is 0 Å². The summed E-state index contributed by atoms with van der Waals surface area (Å²) in [6, 6.07) is 0. The molecule has 2 unspecified atom stereocenters. The summed E-state index contributed by atoms with van der Waals surface area (Å²) in [5, 5.41) is 0. The van der Waals surface area contributed by atoms with Crippen LogP contribution >= 0.6 is 7.82 Å². The van der Waals surface area contributed by atoms with Gasteiger partial charge < -0.3 is 24.0 Å². The van der Waals surface area contributed by atoms with Gasteiger partial charge in [0.1, 0.15) is 6.61 Å². The van der Waals surface area contributed by atoms with E-state index in [-0.39, 0.29) is 31.7 Å². The van der Waals surface area contributed by atoms with Crippen molar-refractivity contribution in [1.29, 1.82) is 0 Å². The topological polar surface area (TPSA) is 132 Å². The number of phosphoric acid groups is 1. The van der Waals surface area contributed by atoms with Crippen molar-refractivity contribution in [3.05, 3.63) is 97.2 Å². The third kappa shape index (κ3) is 33.3. The molecule has 298 valence electrons. The standard InChI is InChI=1S/C43H67O9P/c1-3-5-7-9-11-13-14-15-16-17-18-19-20-22-24-26-31-35-42(44)49-37-39(38-50-53(46,47)48)51-43(45)36-32-28-27-30-34-41-40(52-41)33-29-25-23-21-12-10-8-6-4-2/h5,7,11-13,15-16,18-19,21-22,24-25,27,29-30,39-41H,3-4,6,8-10,14,17,20,23,26,28,31-38H2,1-2H3,(H2,46,47,48)/b7-5-,13-11-,16-15-,19-18-,21-12-,24-22-,29-25-,30-27-/t39-,40?,41?/m1/s1. The van der Waals surface area contributed by atoms with Crippen LogP contribution in [0, 0.1) is 0 Å². The van der Waals surface area contributed by atoms with Crippen molar-refractivity contribution in [2.45, 2.75) is 148 Å². The second-order valence-corrected chi connectivity index (χ2v) is 14.1.